The van der Waals surface area contributed by atoms with Gasteiger partial charge in [0.05, 0.1) is 5.56 Å². The van der Waals surface area contributed by atoms with E-state index in [1.165, 1.54) is 0 Å². The van der Waals surface area contributed by atoms with Crippen LogP contribution in [0.1, 0.15) is 43.2 Å². The van der Waals surface area contributed by atoms with E-state index in [1.54, 1.807) is 12.1 Å². The zero-order valence-electron chi connectivity index (χ0n) is 10.4. The van der Waals surface area contributed by atoms with Gasteiger partial charge in [-0.1, -0.05) is 20.8 Å². The summed E-state index contributed by atoms with van der Waals surface area (Å²) in [5.74, 6) is -0.885. The van der Waals surface area contributed by atoms with Gasteiger partial charge in [-0.2, -0.15) is 0 Å². The van der Waals surface area contributed by atoms with Crippen molar-refractivity contribution in [2.75, 3.05) is 0 Å². The quantitative estimate of drug-likeness (QED) is 0.848. The van der Waals surface area contributed by atoms with Crippen LogP contribution in [0.2, 0.25) is 0 Å². The molecule has 2 N–H and O–H groups in total. The van der Waals surface area contributed by atoms with E-state index >= 15 is 0 Å². The van der Waals surface area contributed by atoms with Crippen LogP contribution < -0.4 is 0 Å². The minimum atomic E-state index is -0.885. The summed E-state index contributed by atoms with van der Waals surface area (Å²) in [4.78, 5) is 14.3. The third kappa shape index (κ3) is 2.05. The van der Waals surface area contributed by atoms with Gasteiger partial charge >= 0.3 is 5.97 Å². The fraction of sp³-hybridized carbons (Fsp3) is 0.357. The van der Waals surface area contributed by atoms with Crippen LogP contribution >= 0.6 is 0 Å². The first kappa shape index (κ1) is 11.7. The highest BCUT2D eigenvalue weighted by molar-refractivity contribution is 5.93. The lowest BCUT2D eigenvalue weighted by Crippen LogP contribution is -2.15. The van der Waals surface area contributed by atoms with Gasteiger partial charge in [-0.3, -0.25) is 0 Å². The number of hydrogen-bond donors (Lipinski definition) is 2. The molecule has 3 heteroatoms. The molecule has 0 saturated carbocycles. The summed E-state index contributed by atoms with van der Waals surface area (Å²) in [6.45, 7) is 6.50. The highest BCUT2D eigenvalue weighted by Crippen LogP contribution is 2.29. The van der Waals surface area contributed by atoms with Gasteiger partial charge in [0.25, 0.3) is 0 Å². The maximum Gasteiger partial charge on any atom is 0.335 e. The Balaban J connectivity index is 2.54. The van der Waals surface area contributed by atoms with Crippen molar-refractivity contribution in [1.29, 1.82) is 0 Å². The Morgan fingerprint density at radius 3 is 2.65 bits per heavy atom. The van der Waals surface area contributed by atoms with Crippen LogP contribution in [0.5, 0.6) is 0 Å². The van der Waals surface area contributed by atoms with Gasteiger partial charge in [-0.25, -0.2) is 4.79 Å². The van der Waals surface area contributed by atoms with E-state index in [1.807, 2.05) is 12.1 Å². The molecule has 2 aromatic rings. The molecule has 3 nitrogen and oxygen atoms in total. The maximum atomic E-state index is 10.9. The number of H-pyrrole nitrogens is 1. The van der Waals surface area contributed by atoms with Crippen molar-refractivity contribution in [3.63, 3.8) is 0 Å². The zero-order valence-corrected chi connectivity index (χ0v) is 10.4. The molecule has 2 rings (SSSR count). The standard InChI is InChI=1S/C14H17NO2/c1-4-14(2,3)12-8-10-7-9(13(16)17)5-6-11(10)15-12/h5-8,15H,4H2,1-3H3,(H,16,17). The first-order valence-corrected chi connectivity index (χ1v) is 5.80. The number of nitrogens with one attached hydrogen (secondary N) is 1. The van der Waals surface area contributed by atoms with E-state index < -0.39 is 5.97 Å². The van der Waals surface area contributed by atoms with Gasteiger partial charge in [-0.05, 0) is 30.7 Å². The van der Waals surface area contributed by atoms with Gasteiger partial charge in [0.1, 0.15) is 0 Å². The number of benzene rings is 1. The second-order valence-electron chi connectivity index (χ2n) is 5.03. The zero-order chi connectivity index (χ0) is 12.6. The molecule has 90 valence electrons. The molecule has 0 aliphatic heterocycles. The fourth-order valence-corrected chi connectivity index (χ4v) is 1.82. The van der Waals surface area contributed by atoms with Gasteiger partial charge in [0.15, 0.2) is 0 Å². The van der Waals surface area contributed by atoms with Crippen LogP contribution in [0, 0.1) is 0 Å². The molecule has 0 unspecified atom stereocenters. The number of carboxylic acids is 1. The van der Waals surface area contributed by atoms with Crippen molar-refractivity contribution < 1.29 is 9.90 Å². The van der Waals surface area contributed by atoms with Crippen LogP contribution in [0.4, 0.5) is 0 Å². The fourth-order valence-electron chi connectivity index (χ4n) is 1.82. The minimum Gasteiger partial charge on any atom is -0.478 e. The summed E-state index contributed by atoms with van der Waals surface area (Å²) in [6.07, 6.45) is 1.03. The Hall–Kier alpha value is -1.77. The van der Waals surface area contributed by atoms with Crippen molar-refractivity contribution in [3.05, 3.63) is 35.5 Å². The van der Waals surface area contributed by atoms with Crippen LogP contribution in [0.3, 0.4) is 0 Å². The summed E-state index contributed by atoms with van der Waals surface area (Å²) in [6, 6.07) is 7.21. The lowest BCUT2D eigenvalue weighted by Gasteiger charge is -2.20. The Morgan fingerprint density at radius 2 is 2.06 bits per heavy atom. The molecule has 0 aliphatic carbocycles. The van der Waals surface area contributed by atoms with E-state index in [2.05, 4.69) is 25.8 Å². The predicted octanol–water partition coefficient (Wildman–Crippen LogP) is 3.55. The topological polar surface area (TPSA) is 53.1 Å². The van der Waals surface area contributed by atoms with Crippen LogP contribution in [0.15, 0.2) is 24.3 Å². The Labute approximate surface area is 100 Å². The van der Waals surface area contributed by atoms with Crippen LogP contribution in [-0.4, -0.2) is 16.1 Å². The molecule has 0 bridgehead atoms. The summed E-state index contributed by atoms with van der Waals surface area (Å²) in [5, 5.41) is 9.91. The van der Waals surface area contributed by atoms with Crippen molar-refractivity contribution >= 4 is 16.9 Å². The Morgan fingerprint density at radius 1 is 1.35 bits per heavy atom. The third-order valence-corrected chi connectivity index (χ3v) is 3.48. The number of aromatic carboxylic acids is 1. The van der Waals surface area contributed by atoms with Gasteiger partial charge in [-0.15, -0.1) is 0 Å². The predicted molar refractivity (Wildman–Crippen MR) is 68.6 cm³/mol. The molecule has 17 heavy (non-hydrogen) atoms. The molecule has 0 spiro atoms. The lowest BCUT2D eigenvalue weighted by atomic mass is 9.86. The largest absolute Gasteiger partial charge is 0.478 e. The average Bonchev–Trinajstić information content (AvgIpc) is 2.72. The van der Waals surface area contributed by atoms with Crippen LogP contribution in [0.25, 0.3) is 10.9 Å². The summed E-state index contributed by atoms with van der Waals surface area (Å²) < 4.78 is 0. The number of fused-ring (bicyclic) bond motifs is 1. The molecule has 0 radical (unpaired) electrons. The summed E-state index contributed by atoms with van der Waals surface area (Å²) in [7, 11) is 0. The molecule has 1 heterocycles. The van der Waals surface area contributed by atoms with E-state index in [9.17, 15) is 4.79 Å². The summed E-state index contributed by atoms with van der Waals surface area (Å²) in [5.41, 5.74) is 2.56. The number of aromatic nitrogens is 1. The normalized spacial score (nSPS) is 11.9. The average molecular weight is 231 g/mol. The highest BCUT2D eigenvalue weighted by atomic mass is 16.4. The van der Waals surface area contributed by atoms with Gasteiger partial charge in [0.2, 0.25) is 0 Å². The molecular formula is C14H17NO2. The van der Waals surface area contributed by atoms with Crippen LogP contribution in [-0.2, 0) is 5.41 Å². The van der Waals surface area contributed by atoms with Crippen molar-refractivity contribution in [2.24, 2.45) is 0 Å². The van der Waals surface area contributed by atoms with E-state index in [4.69, 9.17) is 5.11 Å². The van der Waals surface area contributed by atoms with Crippen molar-refractivity contribution in [3.8, 4) is 0 Å². The van der Waals surface area contributed by atoms with E-state index in [0.717, 1.165) is 23.0 Å². The second kappa shape index (κ2) is 3.91. The molecule has 0 aliphatic rings. The summed E-state index contributed by atoms with van der Waals surface area (Å²) >= 11 is 0. The first-order chi connectivity index (χ1) is 7.94. The van der Waals surface area contributed by atoms with E-state index in [0.29, 0.717) is 5.56 Å². The third-order valence-electron chi connectivity index (χ3n) is 3.48. The number of rotatable bonds is 3. The number of carboxylic acid groups (broad SMARTS) is 1. The molecule has 0 amide bonds. The first-order valence-electron chi connectivity index (χ1n) is 5.80. The Kier molecular flexibility index (Phi) is 2.69. The maximum absolute atomic E-state index is 10.9. The molecule has 1 aromatic heterocycles. The number of hydrogen-bond acceptors (Lipinski definition) is 1. The smallest absolute Gasteiger partial charge is 0.335 e. The van der Waals surface area contributed by atoms with E-state index in [-0.39, 0.29) is 5.41 Å². The highest BCUT2D eigenvalue weighted by Gasteiger charge is 2.20. The SMILES string of the molecule is CCC(C)(C)c1cc2cc(C(=O)O)ccc2[nH]1. The van der Waals surface area contributed by atoms with Gasteiger partial charge in [0, 0.05) is 22.0 Å². The van der Waals surface area contributed by atoms with Crippen molar-refractivity contribution in [2.45, 2.75) is 32.6 Å². The van der Waals surface area contributed by atoms with Crippen molar-refractivity contribution in [1.82, 2.24) is 4.98 Å². The molecule has 0 saturated heterocycles. The minimum absolute atomic E-state index is 0.0857. The number of carbonyl (C=O) groups is 1. The number of aromatic amines is 1. The monoisotopic (exact) mass is 231 g/mol. The molecule has 0 atom stereocenters. The second-order valence-corrected chi connectivity index (χ2v) is 5.03. The molecule has 1 aromatic carbocycles. The van der Waals surface area contributed by atoms with Gasteiger partial charge < -0.3 is 10.1 Å². The Bertz CT molecular complexity index is 567. The molecular weight excluding hydrogens is 214 g/mol. The molecule has 0 fully saturated rings. The lowest BCUT2D eigenvalue weighted by molar-refractivity contribution is 0.0697.